The third kappa shape index (κ3) is 5.56. The summed E-state index contributed by atoms with van der Waals surface area (Å²) in [5.41, 5.74) is 2.09. The summed E-state index contributed by atoms with van der Waals surface area (Å²) >= 11 is 0. The summed E-state index contributed by atoms with van der Waals surface area (Å²) < 4.78 is 0. The quantitative estimate of drug-likeness (QED) is 0.538. The Kier molecular flexibility index (Phi) is 7.42. The molecule has 0 aliphatic heterocycles. The smallest absolute Gasteiger partial charge is 0.179 e. The van der Waals surface area contributed by atoms with Crippen molar-refractivity contribution < 1.29 is 4.79 Å². The van der Waals surface area contributed by atoms with E-state index in [0.717, 1.165) is 24.9 Å². The predicted molar refractivity (Wildman–Crippen MR) is 81.8 cm³/mol. The van der Waals surface area contributed by atoms with Crippen LogP contribution >= 0.6 is 0 Å². The minimum absolute atomic E-state index is 0.0888. The molecule has 1 rings (SSSR count). The minimum Gasteiger partial charge on any atom is -0.307 e. The molecule has 1 unspecified atom stereocenters. The van der Waals surface area contributed by atoms with Crippen molar-refractivity contribution in [3.05, 3.63) is 35.4 Å². The maximum absolute atomic E-state index is 12.2. The van der Waals surface area contributed by atoms with Crippen LogP contribution in [0.5, 0.6) is 0 Å². The molecule has 0 spiro atoms. The van der Waals surface area contributed by atoms with Crippen LogP contribution in [0.3, 0.4) is 0 Å². The molecule has 1 aromatic rings. The summed E-state index contributed by atoms with van der Waals surface area (Å²) in [6, 6.07) is 7.88. The molecule has 0 aliphatic rings. The molecule has 0 saturated heterocycles. The molecule has 0 aromatic heterocycles. The molecule has 1 aromatic carbocycles. The van der Waals surface area contributed by atoms with Crippen molar-refractivity contribution in [3.8, 4) is 0 Å². The number of ketones is 1. The molecule has 0 radical (unpaired) electrons. The lowest BCUT2D eigenvalue weighted by atomic mass is 10.0. The van der Waals surface area contributed by atoms with Gasteiger partial charge in [0.1, 0.15) is 0 Å². The number of Topliss-reactive ketones (excluding diaryl/α,β-unsaturated/α-hetero) is 1. The summed E-state index contributed by atoms with van der Waals surface area (Å²) in [4.78, 5) is 12.2. The standard InChI is InChI=1S/C17H27NO/c1-4-6-7-8-13-18-14(3)17(19)16-11-9-15(5-2)10-12-16/h9-12,14,18H,4-8,13H2,1-3H3. The zero-order valence-electron chi connectivity index (χ0n) is 12.5. The lowest BCUT2D eigenvalue weighted by Gasteiger charge is -2.13. The van der Waals surface area contributed by atoms with Crippen LogP contribution in [0.15, 0.2) is 24.3 Å². The highest BCUT2D eigenvalue weighted by Crippen LogP contribution is 2.08. The van der Waals surface area contributed by atoms with E-state index in [0.29, 0.717) is 0 Å². The van der Waals surface area contributed by atoms with E-state index < -0.39 is 0 Å². The summed E-state index contributed by atoms with van der Waals surface area (Å²) in [5, 5.41) is 3.32. The number of carbonyl (C=O) groups excluding carboxylic acids is 1. The maximum Gasteiger partial charge on any atom is 0.179 e. The van der Waals surface area contributed by atoms with Crippen LogP contribution in [0.1, 0.15) is 62.4 Å². The van der Waals surface area contributed by atoms with E-state index in [1.165, 1.54) is 24.8 Å². The van der Waals surface area contributed by atoms with Gasteiger partial charge in [-0.15, -0.1) is 0 Å². The van der Waals surface area contributed by atoms with Crippen molar-refractivity contribution in [2.45, 2.75) is 58.9 Å². The van der Waals surface area contributed by atoms with Crippen LogP contribution in [0, 0.1) is 0 Å². The van der Waals surface area contributed by atoms with Crippen molar-refractivity contribution in [2.24, 2.45) is 0 Å². The lowest BCUT2D eigenvalue weighted by Crippen LogP contribution is -2.34. The number of aryl methyl sites for hydroxylation is 1. The summed E-state index contributed by atoms with van der Waals surface area (Å²) in [7, 11) is 0. The molecule has 2 heteroatoms. The second-order valence-electron chi connectivity index (χ2n) is 5.15. The number of unbranched alkanes of at least 4 members (excludes halogenated alkanes) is 3. The molecule has 19 heavy (non-hydrogen) atoms. The van der Waals surface area contributed by atoms with Gasteiger partial charge in [0.05, 0.1) is 6.04 Å². The van der Waals surface area contributed by atoms with Crippen LogP contribution in [-0.4, -0.2) is 18.4 Å². The highest BCUT2D eigenvalue weighted by Gasteiger charge is 2.13. The van der Waals surface area contributed by atoms with Gasteiger partial charge in [-0.25, -0.2) is 0 Å². The van der Waals surface area contributed by atoms with Gasteiger partial charge in [-0.2, -0.15) is 0 Å². The van der Waals surface area contributed by atoms with Gasteiger partial charge in [-0.05, 0) is 31.9 Å². The third-order valence-electron chi connectivity index (χ3n) is 3.52. The molecule has 106 valence electrons. The van der Waals surface area contributed by atoms with Crippen molar-refractivity contribution in [1.29, 1.82) is 0 Å². The van der Waals surface area contributed by atoms with Crippen LogP contribution in [-0.2, 0) is 6.42 Å². The Morgan fingerprint density at radius 2 is 1.79 bits per heavy atom. The van der Waals surface area contributed by atoms with E-state index in [1.54, 1.807) is 0 Å². The van der Waals surface area contributed by atoms with Gasteiger partial charge in [0.2, 0.25) is 0 Å². The first kappa shape index (κ1) is 15.9. The average molecular weight is 261 g/mol. The monoisotopic (exact) mass is 261 g/mol. The molecule has 1 atom stereocenters. The van der Waals surface area contributed by atoms with Gasteiger partial charge in [0.15, 0.2) is 5.78 Å². The van der Waals surface area contributed by atoms with E-state index in [-0.39, 0.29) is 11.8 Å². The zero-order chi connectivity index (χ0) is 14.1. The number of hydrogen-bond acceptors (Lipinski definition) is 2. The summed E-state index contributed by atoms with van der Waals surface area (Å²) in [5.74, 6) is 0.193. The number of rotatable bonds is 9. The lowest BCUT2D eigenvalue weighted by molar-refractivity contribution is 0.0951. The average Bonchev–Trinajstić information content (AvgIpc) is 2.46. The second-order valence-corrected chi connectivity index (χ2v) is 5.15. The van der Waals surface area contributed by atoms with Crippen LogP contribution in [0.2, 0.25) is 0 Å². The molecule has 0 bridgehead atoms. The Bertz CT molecular complexity index is 369. The molecular weight excluding hydrogens is 234 g/mol. The van der Waals surface area contributed by atoms with E-state index in [1.807, 2.05) is 31.2 Å². The second kappa shape index (κ2) is 8.87. The Morgan fingerprint density at radius 3 is 2.37 bits per heavy atom. The predicted octanol–water partition coefficient (Wildman–Crippen LogP) is 3.99. The first-order valence-corrected chi connectivity index (χ1v) is 7.55. The van der Waals surface area contributed by atoms with Gasteiger partial charge in [0.25, 0.3) is 0 Å². The minimum atomic E-state index is -0.0888. The fourth-order valence-corrected chi connectivity index (χ4v) is 2.12. The molecule has 0 heterocycles. The van der Waals surface area contributed by atoms with Crippen molar-refractivity contribution >= 4 is 5.78 Å². The van der Waals surface area contributed by atoms with Gasteiger partial charge in [-0.3, -0.25) is 4.79 Å². The number of hydrogen-bond donors (Lipinski definition) is 1. The van der Waals surface area contributed by atoms with Crippen molar-refractivity contribution in [2.75, 3.05) is 6.54 Å². The molecule has 0 aliphatic carbocycles. The Hall–Kier alpha value is -1.15. The summed E-state index contributed by atoms with van der Waals surface area (Å²) in [6.07, 6.45) is 5.94. The Morgan fingerprint density at radius 1 is 1.11 bits per heavy atom. The van der Waals surface area contributed by atoms with Gasteiger partial charge >= 0.3 is 0 Å². The maximum atomic E-state index is 12.2. The summed E-state index contributed by atoms with van der Waals surface area (Å²) in [6.45, 7) is 7.21. The fourth-order valence-electron chi connectivity index (χ4n) is 2.12. The van der Waals surface area contributed by atoms with E-state index >= 15 is 0 Å². The number of benzene rings is 1. The van der Waals surface area contributed by atoms with Crippen LogP contribution < -0.4 is 5.32 Å². The van der Waals surface area contributed by atoms with Gasteiger partial charge in [0, 0.05) is 5.56 Å². The number of nitrogens with one attached hydrogen (secondary N) is 1. The van der Waals surface area contributed by atoms with Gasteiger partial charge in [-0.1, -0.05) is 57.4 Å². The molecule has 2 nitrogen and oxygen atoms in total. The fraction of sp³-hybridized carbons (Fsp3) is 0.588. The molecule has 1 N–H and O–H groups in total. The van der Waals surface area contributed by atoms with E-state index in [9.17, 15) is 4.79 Å². The highest BCUT2D eigenvalue weighted by atomic mass is 16.1. The largest absolute Gasteiger partial charge is 0.307 e. The van der Waals surface area contributed by atoms with Gasteiger partial charge < -0.3 is 5.32 Å². The highest BCUT2D eigenvalue weighted by molar-refractivity contribution is 5.99. The molecular formula is C17H27NO. The molecule has 0 amide bonds. The Labute approximate surface area is 117 Å². The SMILES string of the molecule is CCCCCCNC(C)C(=O)c1ccc(CC)cc1. The topological polar surface area (TPSA) is 29.1 Å². The number of carbonyl (C=O) groups is 1. The Balaban J connectivity index is 2.38. The third-order valence-corrected chi connectivity index (χ3v) is 3.52. The first-order chi connectivity index (χ1) is 9.19. The van der Waals surface area contributed by atoms with E-state index in [4.69, 9.17) is 0 Å². The molecule has 0 fully saturated rings. The van der Waals surface area contributed by atoms with Crippen molar-refractivity contribution in [1.82, 2.24) is 5.32 Å². The van der Waals surface area contributed by atoms with Crippen LogP contribution in [0.4, 0.5) is 0 Å². The van der Waals surface area contributed by atoms with Crippen molar-refractivity contribution in [3.63, 3.8) is 0 Å². The van der Waals surface area contributed by atoms with Crippen LogP contribution in [0.25, 0.3) is 0 Å². The normalized spacial score (nSPS) is 12.4. The van der Waals surface area contributed by atoms with E-state index in [2.05, 4.69) is 19.2 Å². The zero-order valence-corrected chi connectivity index (χ0v) is 12.5. The first-order valence-electron chi connectivity index (χ1n) is 7.55. The molecule has 0 saturated carbocycles.